The summed E-state index contributed by atoms with van der Waals surface area (Å²) in [5.41, 5.74) is 6.61. The number of hydrogen-bond donors (Lipinski definition) is 1. The van der Waals surface area contributed by atoms with Gasteiger partial charge in [-0.3, -0.25) is 0 Å². The minimum Gasteiger partial charge on any atom is -0.465 e. The van der Waals surface area contributed by atoms with E-state index in [0.717, 1.165) is 0 Å². The van der Waals surface area contributed by atoms with Crippen LogP contribution in [0.5, 0.6) is 11.5 Å². The van der Waals surface area contributed by atoms with E-state index in [0.29, 0.717) is 27.8 Å². The first-order valence-electron chi connectivity index (χ1n) is 5.51. The van der Waals surface area contributed by atoms with E-state index >= 15 is 0 Å². The largest absolute Gasteiger partial charge is 0.465 e. The summed E-state index contributed by atoms with van der Waals surface area (Å²) < 4.78 is 10.2. The number of carbonyl (C=O) groups is 1. The summed E-state index contributed by atoms with van der Waals surface area (Å²) in [5.74, 6) is 0.627. The Bertz CT molecular complexity index is 596. The van der Waals surface area contributed by atoms with Crippen LogP contribution in [0, 0.1) is 0 Å². The van der Waals surface area contributed by atoms with Crippen LogP contribution >= 0.6 is 11.6 Å². The average Bonchev–Trinajstić information content (AvgIpc) is 2.42. The number of methoxy groups -OCH3 is 1. The van der Waals surface area contributed by atoms with Crippen LogP contribution < -0.4 is 10.5 Å². The number of halogens is 1. The molecular formula is C14H12ClNO3. The highest BCUT2D eigenvalue weighted by molar-refractivity contribution is 6.32. The van der Waals surface area contributed by atoms with Gasteiger partial charge in [0.15, 0.2) is 0 Å². The van der Waals surface area contributed by atoms with Crippen LogP contribution in [0.15, 0.2) is 42.5 Å². The Morgan fingerprint density at radius 2 is 1.84 bits per heavy atom. The zero-order valence-electron chi connectivity index (χ0n) is 10.2. The summed E-state index contributed by atoms with van der Waals surface area (Å²) in [6.07, 6.45) is 0. The minimum atomic E-state index is -0.444. The number of ether oxygens (including phenoxy) is 2. The molecule has 0 saturated carbocycles. The maximum absolute atomic E-state index is 11.3. The molecule has 2 rings (SSSR count). The molecule has 0 atom stereocenters. The second kappa shape index (κ2) is 5.63. The Morgan fingerprint density at radius 3 is 2.42 bits per heavy atom. The van der Waals surface area contributed by atoms with Crippen molar-refractivity contribution in [2.45, 2.75) is 0 Å². The third kappa shape index (κ3) is 3.17. The highest BCUT2D eigenvalue weighted by Gasteiger charge is 2.10. The van der Waals surface area contributed by atoms with E-state index in [1.165, 1.54) is 13.2 Å². The molecule has 0 fully saturated rings. The number of rotatable bonds is 3. The van der Waals surface area contributed by atoms with Gasteiger partial charge in [-0.2, -0.15) is 0 Å². The molecule has 0 spiro atoms. The summed E-state index contributed by atoms with van der Waals surface area (Å²) in [4.78, 5) is 11.3. The monoisotopic (exact) mass is 277 g/mol. The average molecular weight is 278 g/mol. The van der Waals surface area contributed by atoms with Crippen molar-refractivity contribution in [2.75, 3.05) is 12.8 Å². The molecule has 0 bridgehead atoms. The van der Waals surface area contributed by atoms with Crippen molar-refractivity contribution in [3.8, 4) is 11.5 Å². The summed E-state index contributed by atoms with van der Waals surface area (Å²) in [6.45, 7) is 0. The second-order valence-electron chi connectivity index (χ2n) is 3.81. The molecule has 0 radical (unpaired) electrons. The van der Waals surface area contributed by atoms with E-state index in [1.54, 1.807) is 36.4 Å². The number of nitrogens with two attached hydrogens (primary N) is 1. The zero-order chi connectivity index (χ0) is 13.8. The van der Waals surface area contributed by atoms with E-state index in [-0.39, 0.29) is 0 Å². The Kier molecular flexibility index (Phi) is 3.92. The number of esters is 1. The lowest BCUT2D eigenvalue weighted by Gasteiger charge is -2.08. The number of nitrogen functional groups attached to an aromatic ring is 1. The van der Waals surface area contributed by atoms with Crippen LogP contribution in [0.3, 0.4) is 0 Å². The molecule has 0 heterocycles. The molecule has 0 aliphatic carbocycles. The number of hydrogen-bond acceptors (Lipinski definition) is 4. The molecule has 0 aliphatic rings. The lowest BCUT2D eigenvalue weighted by molar-refractivity contribution is 0.0600. The minimum absolute atomic E-state index is 0.333. The SMILES string of the molecule is COC(=O)c1ccc(Oc2ccc(N)cc2)c(Cl)c1. The van der Waals surface area contributed by atoms with Crippen LogP contribution in [0.1, 0.15) is 10.4 Å². The molecular weight excluding hydrogens is 266 g/mol. The van der Waals surface area contributed by atoms with Gasteiger partial charge >= 0.3 is 5.97 Å². The van der Waals surface area contributed by atoms with Crippen molar-refractivity contribution in [3.63, 3.8) is 0 Å². The molecule has 0 amide bonds. The predicted octanol–water partition coefficient (Wildman–Crippen LogP) is 3.50. The normalized spacial score (nSPS) is 10.0. The second-order valence-corrected chi connectivity index (χ2v) is 4.22. The van der Waals surface area contributed by atoms with E-state index in [4.69, 9.17) is 22.1 Å². The maximum atomic E-state index is 11.3. The van der Waals surface area contributed by atoms with Crippen LogP contribution in [0.2, 0.25) is 5.02 Å². The Labute approximate surface area is 115 Å². The molecule has 2 aromatic carbocycles. The molecule has 0 aromatic heterocycles. The van der Waals surface area contributed by atoms with Gasteiger partial charge < -0.3 is 15.2 Å². The van der Waals surface area contributed by atoms with Crippen molar-refractivity contribution < 1.29 is 14.3 Å². The van der Waals surface area contributed by atoms with Crippen molar-refractivity contribution in [1.29, 1.82) is 0 Å². The van der Waals surface area contributed by atoms with E-state index in [1.807, 2.05) is 0 Å². The molecule has 0 aliphatic heterocycles. The van der Waals surface area contributed by atoms with Gasteiger partial charge in [-0.15, -0.1) is 0 Å². The summed E-state index contributed by atoms with van der Waals surface area (Å²) in [6, 6.07) is 11.6. The highest BCUT2D eigenvalue weighted by atomic mass is 35.5. The lowest BCUT2D eigenvalue weighted by atomic mass is 10.2. The van der Waals surface area contributed by atoms with Gasteiger partial charge in [0.2, 0.25) is 0 Å². The molecule has 0 unspecified atom stereocenters. The van der Waals surface area contributed by atoms with Crippen molar-refractivity contribution in [3.05, 3.63) is 53.1 Å². The lowest BCUT2D eigenvalue weighted by Crippen LogP contribution is -2.00. The van der Waals surface area contributed by atoms with Gasteiger partial charge in [-0.1, -0.05) is 11.6 Å². The Balaban J connectivity index is 2.22. The summed E-state index contributed by atoms with van der Waals surface area (Å²) in [5, 5.41) is 0.333. The van der Waals surface area contributed by atoms with Crippen molar-refractivity contribution in [2.24, 2.45) is 0 Å². The number of benzene rings is 2. The van der Waals surface area contributed by atoms with Crippen molar-refractivity contribution in [1.82, 2.24) is 0 Å². The number of anilines is 1. The van der Waals surface area contributed by atoms with E-state index in [9.17, 15) is 4.79 Å². The van der Waals surface area contributed by atoms with Gasteiger partial charge in [0.1, 0.15) is 11.5 Å². The van der Waals surface area contributed by atoms with Crippen LogP contribution in [-0.2, 0) is 4.74 Å². The first-order chi connectivity index (χ1) is 9.10. The zero-order valence-corrected chi connectivity index (χ0v) is 11.0. The smallest absolute Gasteiger partial charge is 0.337 e. The molecule has 4 nitrogen and oxygen atoms in total. The third-order valence-electron chi connectivity index (χ3n) is 2.46. The number of carbonyl (C=O) groups excluding carboxylic acids is 1. The molecule has 2 aromatic rings. The fourth-order valence-electron chi connectivity index (χ4n) is 1.49. The predicted molar refractivity (Wildman–Crippen MR) is 73.7 cm³/mol. The topological polar surface area (TPSA) is 61.5 Å². The molecule has 0 saturated heterocycles. The Morgan fingerprint density at radius 1 is 1.16 bits per heavy atom. The first kappa shape index (κ1) is 13.2. The van der Waals surface area contributed by atoms with E-state index < -0.39 is 5.97 Å². The third-order valence-corrected chi connectivity index (χ3v) is 2.76. The fraction of sp³-hybridized carbons (Fsp3) is 0.0714. The van der Waals surface area contributed by atoms with Gasteiger partial charge in [0, 0.05) is 5.69 Å². The quantitative estimate of drug-likeness (QED) is 0.689. The van der Waals surface area contributed by atoms with Gasteiger partial charge in [-0.05, 0) is 42.5 Å². The van der Waals surface area contributed by atoms with Gasteiger partial charge in [-0.25, -0.2) is 4.79 Å². The van der Waals surface area contributed by atoms with Crippen LogP contribution in [0.4, 0.5) is 5.69 Å². The molecule has 2 N–H and O–H groups in total. The standard InChI is InChI=1S/C14H12ClNO3/c1-18-14(17)9-2-7-13(12(15)8-9)19-11-5-3-10(16)4-6-11/h2-8H,16H2,1H3. The Hall–Kier alpha value is -2.20. The van der Waals surface area contributed by atoms with Gasteiger partial charge in [0.05, 0.1) is 17.7 Å². The van der Waals surface area contributed by atoms with Crippen molar-refractivity contribution >= 4 is 23.3 Å². The fourth-order valence-corrected chi connectivity index (χ4v) is 1.71. The molecule has 5 heteroatoms. The van der Waals surface area contributed by atoms with Crippen LogP contribution in [-0.4, -0.2) is 13.1 Å². The molecule has 19 heavy (non-hydrogen) atoms. The maximum Gasteiger partial charge on any atom is 0.337 e. The summed E-state index contributed by atoms with van der Waals surface area (Å²) >= 11 is 6.05. The first-order valence-corrected chi connectivity index (χ1v) is 5.89. The van der Waals surface area contributed by atoms with E-state index in [2.05, 4.69) is 4.74 Å². The summed E-state index contributed by atoms with van der Waals surface area (Å²) in [7, 11) is 1.31. The van der Waals surface area contributed by atoms with Gasteiger partial charge in [0.25, 0.3) is 0 Å². The highest BCUT2D eigenvalue weighted by Crippen LogP contribution is 2.30. The van der Waals surface area contributed by atoms with Crippen LogP contribution in [0.25, 0.3) is 0 Å². The molecule has 98 valence electrons.